The first-order chi connectivity index (χ1) is 7.88. The summed E-state index contributed by atoms with van der Waals surface area (Å²) in [6, 6.07) is 3.48. The molecule has 0 fully saturated rings. The van der Waals surface area contributed by atoms with Gasteiger partial charge in [-0.05, 0) is 29.7 Å². The average Bonchev–Trinajstić information content (AvgIpc) is 2.27. The summed E-state index contributed by atoms with van der Waals surface area (Å²) in [5.74, 6) is -0.458. The molecule has 1 aromatic carbocycles. The molecule has 0 spiro atoms. The van der Waals surface area contributed by atoms with Crippen molar-refractivity contribution in [3.05, 3.63) is 34.9 Å². The Balaban J connectivity index is 3.11. The summed E-state index contributed by atoms with van der Waals surface area (Å²) in [5, 5.41) is 0. The number of aryl methyl sites for hydroxylation is 1. The number of hydrogen-bond acceptors (Lipinski definition) is 1. The van der Waals surface area contributed by atoms with Crippen molar-refractivity contribution in [3.63, 3.8) is 0 Å². The number of Topliss-reactive ketones (excluding diaryl/α,β-unsaturated/α-hetero) is 1. The predicted octanol–water partition coefficient (Wildman–Crippen LogP) is 3.62. The minimum Gasteiger partial charge on any atom is -0.298 e. The second-order valence-corrected chi connectivity index (χ2v) is 3.95. The number of ketones is 1. The smallest absolute Gasteiger partial charge is 0.298 e. The Bertz CT molecular complexity index is 413. The van der Waals surface area contributed by atoms with Crippen LogP contribution in [0.1, 0.15) is 23.6 Å². The molecular formula is C12H12ClF3O. The lowest BCUT2D eigenvalue weighted by Crippen LogP contribution is -2.10. The fourth-order valence-corrected chi connectivity index (χ4v) is 1.67. The molecule has 0 aliphatic rings. The molecule has 5 heteroatoms. The number of benzene rings is 1. The van der Waals surface area contributed by atoms with Gasteiger partial charge in [-0.3, -0.25) is 4.79 Å². The number of carbonyl (C=O) groups is 1. The zero-order valence-corrected chi connectivity index (χ0v) is 10.0. The molecule has 1 aromatic rings. The van der Waals surface area contributed by atoms with Crippen LogP contribution in [-0.4, -0.2) is 11.7 Å². The van der Waals surface area contributed by atoms with E-state index >= 15 is 0 Å². The molecule has 0 heterocycles. The van der Waals surface area contributed by atoms with Crippen LogP contribution in [0.15, 0.2) is 18.2 Å². The maximum absolute atomic E-state index is 12.5. The van der Waals surface area contributed by atoms with Crippen LogP contribution >= 0.6 is 11.6 Å². The number of alkyl halides is 4. The van der Waals surface area contributed by atoms with Gasteiger partial charge in [0.15, 0.2) is 5.78 Å². The van der Waals surface area contributed by atoms with Crippen molar-refractivity contribution in [2.45, 2.75) is 25.9 Å². The number of carbonyl (C=O) groups excluding carboxylic acids is 1. The topological polar surface area (TPSA) is 17.1 Å². The molecule has 0 aliphatic heterocycles. The SMILES string of the molecule is CCc1ccc(C(F)(F)F)cc1CC(=O)CCl. The van der Waals surface area contributed by atoms with Gasteiger partial charge in [-0.1, -0.05) is 13.0 Å². The van der Waals surface area contributed by atoms with Gasteiger partial charge in [-0.15, -0.1) is 11.6 Å². The Morgan fingerprint density at radius 1 is 1.29 bits per heavy atom. The van der Waals surface area contributed by atoms with E-state index in [1.54, 1.807) is 0 Å². The van der Waals surface area contributed by atoms with E-state index in [4.69, 9.17) is 11.6 Å². The van der Waals surface area contributed by atoms with Gasteiger partial charge in [0.2, 0.25) is 0 Å². The fraction of sp³-hybridized carbons (Fsp3) is 0.417. The van der Waals surface area contributed by atoms with Crippen LogP contribution in [0.2, 0.25) is 0 Å². The summed E-state index contributed by atoms with van der Waals surface area (Å²) in [6.07, 6.45) is -3.84. The minimum atomic E-state index is -4.38. The first-order valence-electron chi connectivity index (χ1n) is 5.15. The van der Waals surface area contributed by atoms with Crippen molar-refractivity contribution < 1.29 is 18.0 Å². The molecule has 0 N–H and O–H groups in total. The summed E-state index contributed by atoms with van der Waals surface area (Å²) < 4.78 is 37.5. The second kappa shape index (κ2) is 5.54. The van der Waals surface area contributed by atoms with E-state index in [9.17, 15) is 18.0 Å². The molecule has 0 aliphatic carbocycles. The van der Waals surface area contributed by atoms with Gasteiger partial charge in [-0.25, -0.2) is 0 Å². The zero-order chi connectivity index (χ0) is 13.1. The van der Waals surface area contributed by atoms with Gasteiger partial charge in [0.25, 0.3) is 0 Å². The van der Waals surface area contributed by atoms with Crippen molar-refractivity contribution in [1.82, 2.24) is 0 Å². The average molecular weight is 265 g/mol. The van der Waals surface area contributed by atoms with E-state index in [1.807, 2.05) is 6.92 Å². The van der Waals surface area contributed by atoms with Crippen LogP contribution in [0, 0.1) is 0 Å². The summed E-state index contributed by atoms with van der Waals surface area (Å²) in [7, 11) is 0. The quantitative estimate of drug-likeness (QED) is 0.759. The summed E-state index contributed by atoms with van der Waals surface area (Å²) in [5.41, 5.74) is 0.427. The maximum Gasteiger partial charge on any atom is 0.416 e. The molecule has 17 heavy (non-hydrogen) atoms. The van der Waals surface area contributed by atoms with Crippen LogP contribution in [0.5, 0.6) is 0 Å². The molecule has 0 saturated heterocycles. The lowest BCUT2D eigenvalue weighted by Gasteiger charge is -2.12. The Morgan fingerprint density at radius 2 is 1.94 bits per heavy atom. The van der Waals surface area contributed by atoms with Crippen LogP contribution < -0.4 is 0 Å². The summed E-state index contributed by atoms with van der Waals surface area (Å²) >= 11 is 5.36. The highest BCUT2D eigenvalue weighted by molar-refractivity contribution is 6.27. The highest BCUT2D eigenvalue weighted by Gasteiger charge is 2.30. The zero-order valence-electron chi connectivity index (χ0n) is 9.27. The van der Waals surface area contributed by atoms with Gasteiger partial charge < -0.3 is 0 Å². The van der Waals surface area contributed by atoms with E-state index in [2.05, 4.69) is 0 Å². The van der Waals surface area contributed by atoms with Crippen LogP contribution in [0.25, 0.3) is 0 Å². The van der Waals surface area contributed by atoms with Gasteiger partial charge in [0.1, 0.15) is 0 Å². The third-order valence-corrected chi connectivity index (χ3v) is 2.75. The molecule has 0 aromatic heterocycles. The Labute approximate surface area is 103 Å². The van der Waals surface area contributed by atoms with E-state index in [-0.39, 0.29) is 18.1 Å². The molecule has 0 unspecified atom stereocenters. The molecule has 0 bridgehead atoms. The third-order valence-electron chi connectivity index (χ3n) is 2.45. The van der Waals surface area contributed by atoms with Gasteiger partial charge >= 0.3 is 6.18 Å². The van der Waals surface area contributed by atoms with Crippen molar-refractivity contribution in [3.8, 4) is 0 Å². The van der Waals surface area contributed by atoms with Crippen LogP contribution in [0.4, 0.5) is 13.2 Å². The molecule has 1 nitrogen and oxygen atoms in total. The van der Waals surface area contributed by atoms with Crippen molar-refractivity contribution in [2.75, 3.05) is 5.88 Å². The van der Waals surface area contributed by atoms with Gasteiger partial charge in [-0.2, -0.15) is 13.2 Å². The number of halogens is 4. The highest BCUT2D eigenvalue weighted by atomic mass is 35.5. The van der Waals surface area contributed by atoms with E-state index in [0.29, 0.717) is 12.0 Å². The van der Waals surface area contributed by atoms with E-state index in [1.165, 1.54) is 6.07 Å². The van der Waals surface area contributed by atoms with Crippen LogP contribution in [-0.2, 0) is 23.8 Å². The highest BCUT2D eigenvalue weighted by Crippen LogP contribution is 2.30. The second-order valence-electron chi connectivity index (χ2n) is 3.68. The van der Waals surface area contributed by atoms with Crippen molar-refractivity contribution in [1.29, 1.82) is 0 Å². The van der Waals surface area contributed by atoms with Gasteiger partial charge in [0.05, 0.1) is 11.4 Å². The molecule has 1 rings (SSSR count). The molecular weight excluding hydrogens is 253 g/mol. The van der Waals surface area contributed by atoms with E-state index in [0.717, 1.165) is 17.7 Å². The molecule has 0 radical (unpaired) electrons. The number of rotatable bonds is 4. The third kappa shape index (κ3) is 3.73. The molecule has 94 valence electrons. The Hall–Kier alpha value is -1.03. The van der Waals surface area contributed by atoms with E-state index < -0.39 is 11.7 Å². The number of hydrogen-bond donors (Lipinski definition) is 0. The molecule has 0 atom stereocenters. The largest absolute Gasteiger partial charge is 0.416 e. The normalized spacial score (nSPS) is 11.6. The summed E-state index contributed by atoms with van der Waals surface area (Å²) in [6.45, 7) is 1.83. The van der Waals surface area contributed by atoms with Crippen molar-refractivity contribution in [2.24, 2.45) is 0 Å². The first kappa shape index (κ1) is 14.0. The van der Waals surface area contributed by atoms with Gasteiger partial charge in [0, 0.05) is 6.42 Å². The lowest BCUT2D eigenvalue weighted by molar-refractivity contribution is -0.137. The predicted molar refractivity (Wildman–Crippen MR) is 60.3 cm³/mol. The monoisotopic (exact) mass is 264 g/mol. The lowest BCUT2D eigenvalue weighted by atomic mass is 9.98. The Morgan fingerprint density at radius 3 is 2.41 bits per heavy atom. The fourth-order valence-electron chi connectivity index (χ4n) is 1.57. The Kier molecular flexibility index (Phi) is 4.57. The van der Waals surface area contributed by atoms with Crippen LogP contribution in [0.3, 0.4) is 0 Å². The standard InChI is InChI=1S/C12H12ClF3O/c1-2-8-3-4-10(12(14,15)16)5-9(8)6-11(17)7-13/h3-5H,2,6-7H2,1H3. The molecule has 0 amide bonds. The van der Waals surface area contributed by atoms with Crippen molar-refractivity contribution >= 4 is 17.4 Å². The first-order valence-corrected chi connectivity index (χ1v) is 5.68. The maximum atomic E-state index is 12.5. The minimum absolute atomic E-state index is 0.0450. The summed E-state index contributed by atoms with van der Waals surface area (Å²) in [4.78, 5) is 11.2. The molecule has 0 saturated carbocycles.